The zero-order chi connectivity index (χ0) is 23.5. The van der Waals surface area contributed by atoms with Crippen LogP contribution in [-0.2, 0) is 4.74 Å². The summed E-state index contributed by atoms with van der Waals surface area (Å²) >= 11 is 0. The largest absolute Gasteiger partial charge is 0.493 e. The molecule has 1 N–H and O–H groups in total. The Labute approximate surface area is 192 Å². The molecule has 0 spiro atoms. The van der Waals surface area contributed by atoms with Gasteiger partial charge in [-0.15, -0.1) is 0 Å². The minimum absolute atomic E-state index is 0.253. The van der Waals surface area contributed by atoms with Gasteiger partial charge in [-0.2, -0.15) is 5.10 Å². The van der Waals surface area contributed by atoms with Gasteiger partial charge < -0.3 is 19.5 Å². The summed E-state index contributed by atoms with van der Waals surface area (Å²) in [5.74, 6) is 1.21. The number of ether oxygens (including phenoxy) is 3. The molecule has 2 aliphatic heterocycles. The van der Waals surface area contributed by atoms with Crippen molar-refractivity contribution in [1.82, 2.24) is 15.2 Å². The highest BCUT2D eigenvalue weighted by molar-refractivity contribution is 6.07. The summed E-state index contributed by atoms with van der Waals surface area (Å²) in [7, 11) is 3.15. The highest BCUT2D eigenvalue weighted by Crippen LogP contribution is 2.30. The number of urea groups is 1. The number of carbonyl (C=O) groups is 2. The Bertz CT molecular complexity index is 1070. The fourth-order valence-corrected chi connectivity index (χ4v) is 3.99. The van der Waals surface area contributed by atoms with Crippen molar-refractivity contribution in [3.05, 3.63) is 59.2 Å². The van der Waals surface area contributed by atoms with Gasteiger partial charge in [0.2, 0.25) is 0 Å². The molecule has 3 amide bonds. The van der Waals surface area contributed by atoms with Crippen molar-refractivity contribution in [1.29, 1.82) is 0 Å². The van der Waals surface area contributed by atoms with E-state index in [9.17, 15) is 9.59 Å². The number of cyclic esters (lactones) is 1. The molecule has 2 aromatic rings. The first kappa shape index (κ1) is 22.4. The summed E-state index contributed by atoms with van der Waals surface area (Å²) < 4.78 is 15.8. The Hall–Kier alpha value is -3.75. The minimum atomic E-state index is -0.388. The topological polar surface area (TPSA) is 92.7 Å². The summed E-state index contributed by atoms with van der Waals surface area (Å²) in [6, 6.07) is 12.4. The molecule has 9 heteroatoms. The fourth-order valence-electron chi connectivity index (χ4n) is 3.99. The molecule has 0 radical (unpaired) electrons. The zero-order valence-corrected chi connectivity index (χ0v) is 19.2. The first-order chi connectivity index (χ1) is 15.9. The van der Waals surface area contributed by atoms with Gasteiger partial charge in [-0.1, -0.05) is 35.9 Å². The molecule has 2 atom stereocenters. The monoisotopic (exact) mass is 452 g/mol. The molecule has 4 rings (SSSR count). The second kappa shape index (κ2) is 9.40. The van der Waals surface area contributed by atoms with Crippen LogP contribution in [0.3, 0.4) is 0 Å². The Morgan fingerprint density at radius 2 is 1.88 bits per heavy atom. The normalized spacial score (nSPS) is 18.6. The van der Waals surface area contributed by atoms with Gasteiger partial charge in [-0.25, -0.2) is 14.6 Å². The van der Waals surface area contributed by atoms with Gasteiger partial charge in [-0.3, -0.25) is 4.90 Å². The number of hydrogen-bond donors (Lipinski definition) is 1. The average Bonchev–Trinajstić information content (AvgIpc) is 3.45. The Balaban J connectivity index is 1.54. The van der Waals surface area contributed by atoms with Crippen LogP contribution in [0, 0.1) is 6.92 Å². The number of nitrogens with zero attached hydrogens (tertiary/aromatic N) is 3. The van der Waals surface area contributed by atoms with Crippen molar-refractivity contribution in [2.24, 2.45) is 5.10 Å². The maximum Gasteiger partial charge on any atom is 0.410 e. The van der Waals surface area contributed by atoms with Gasteiger partial charge in [0.15, 0.2) is 11.5 Å². The van der Waals surface area contributed by atoms with Crippen molar-refractivity contribution in [2.45, 2.75) is 25.9 Å². The first-order valence-corrected chi connectivity index (χ1v) is 10.8. The number of amides is 3. The van der Waals surface area contributed by atoms with Crippen molar-refractivity contribution in [3.8, 4) is 11.5 Å². The quantitative estimate of drug-likeness (QED) is 0.726. The van der Waals surface area contributed by atoms with E-state index in [4.69, 9.17) is 14.2 Å². The van der Waals surface area contributed by atoms with E-state index in [2.05, 4.69) is 10.4 Å². The second-order valence-electron chi connectivity index (χ2n) is 8.04. The SMILES string of the molecule is COc1ccc([C@@H](C)NC(=O)N2CC(N3CCOC3=O)C(c3ccc(C)cc3)=N2)cc1OC. The number of hydrazone groups is 1. The van der Waals surface area contributed by atoms with Gasteiger partial charge in [0.1, 0.15) is 6.61 Å². The minimum Gasteiger partial charge on any atom is -0.493 e. The number of nitrogens with one attached hydrogen (secondary N) is 1. The van der Waals surface area contributed by atoms with E-state index in [1.807, 2.05) is 50.2 Å². The van der Waals surface area contributed by atoms with E-state index in [1.54, 1.807) is 25.2 Å². The molecule has 9 nitrogen and oxygen atoms in total. The van der Waals surface area contributed by atoms with E-state index in [0.29, 0.717) is 30.4 Å². The molecule has 0 bridgehead atoms. The first-order valence-electron chi connectivity index (χ1n) is 10.8. The Morgan fingerprint density at radius 3 is 2.52 bits per heavy atom. The van der Waals surface area contributed by atoms with Gasteiger partial charge in [0.25, 0.3) is 0 Å². The number of benzene rings is 2. The van der Waals surface area contributed by atoms with E-state index in [-0.39, 0.29) is 30.8 Å². The molecule has 0 aliphatic carbocycles. The smallest absolute Gasteiger partial charge is 0.410 e. The fraction of sp³-hybridized carbons (Fsp3) is 0.375. The van der Waals surface area contributed by atoms with Gasteiger partial charge in [0.05, 0.1) is 45.1 Å². The third-order valence-electron chi connectivity index (χ3n) is 5.89. The lowest BCUT2D eigenvalue weighted by atomic mass is 10.0. The lowest BCUT2D eigenvalue weighted by molar-refractivity contribution is 0.150. The second-order valence-corrected chi connectivity index (χ2v) is 8.04. The number of aryl methyl sites for hydroxylation is 1. The summed E-state index contributed by atoms with van der Waals surface area (Å²) in [5, 5.41) is 8.96. The number of hydrogen-bond acceptors (Lipinski definition) is 6. The van der Waals surface area contributed by atoms with Crippen LogP contribution in [-0.4, -0.2) is 67.7 Å². The number of carbonyl (C=O) groups excluding carboxylic acids is 2. The zero-order valence-electron chi connectivity index (χ0n) is 19.2. The van der Waals surface area contributed by atoms with Gasteiger partial charge in [0, 0.05) is 0 Å². The summed E-state index contributed by atoms with van der Waals surface area (Å²) in [6.07, 6.45) is -0.388. The predicted molar refractivity (Wildman–Crippen MR) is 123 cm³/mol. The van der Waals surface area contributed by atoms with Crippen LogP contribution in [0.4, 0.5) is 9.59 Å². The molecular weight excluding hydrogens is 424 g/mol. The maximum absolute atomic E-state index is 13.1. The molecule has 1 unspecified atom stereocenters. The molecule has 1 saturated heterocycles. The standard InChI is InChI=1S/C24H28N4O5/c1-15-5-7-17(8-6-15)22-19(27-11-12-33-24(27)30)14-28(26-22)23(29)25-16(2)18-9-10-20(31-3)21(13-18)32-4/h5-10,13,16,19H,11-12,14H2,1-4H3,(H,25,29)/t16-,19?/m1/s1. The highest BCUT2D eigenvalue weighted by Gasteiger charge is 2.40. The van der Waals surface area contributed by atoms with E-state index >= 15 is 0 Å². The van der Waals surface area contributed by atoms with Crippen LogP contribution in [0.2, 0.25) is 0 Å². The molecule has 174 valence electrons. The van der Waals surface area contributed by atoms with Crippen LogP contribution < -0.4 is 14.8 Å². The molecule has 1 fully saturated rings. The van der Waals surface area contributed by atoms with Crippen molar-refractivity contribution in [3.63, 3.8) is 0 Å². The van der Waals surface area contributed by atoms with Gasteiger partial charge in [-0.05, 0) is 37.1 Å². The van der Waals surface area contributed by atoms with E-state index in [0.717, 1.165) is 16.7 Å². The predicted octanol–water partition coefficient (Wildman–Crippen LogP) is 3.32. The molecule has 2 heterocycles. The Kier molecular flexibility index (Phi) is 6.39. The molecule has 33 heavy (non-hydrogen) atoms. The summed E-state index contributed by atoms with van der Waals surface area (Å²) in [5.41, 5.74) is 3.52. The summed E-state index contributed by atoms with van der Waals surface area (Å²) in [4.78, 5) is 27.0. The highest BCUT2D eigenvalue weighted by atomic mass is 16.6. The van der Waals surface area contributed by atoms with Crippen LogP contribution in [0.15, 0.2) is 47.6 Å². The lowest BCUT2D eigenvalue weighted by Crippen LogP contribution is -2.46. The molecule has 0 aromatic heterocycles. The van der Waals surface area contributed by atoms with Gasteiger partial charge >= 0.3 is 12.1 Å². The third kappa shape index (κ3) is 4.57. The summed E-state index contributed by atoms with van der Waals surface area (Å²) in [6.45, 7) is 4.94. The van der Waals surface area contributed by atoms with Crippen molar-refractivity contribution >= 4 is 17.8 Å². The number of rotatable bonds is 6. The lowest BCUT2D eigenvalue weighted by Gasteiger charge is -2.23. The molecule has 2 aromatic carbocycles. The van der Waals surface area contributed by atoms with Crippen LogP contribution in [0.5, 0.6) is 11.5 Å². The molecule has 0 saturated carbocycles. The number of methoxy groups -OCH3 is 2. The van der Waals surface area contributed by atoms with Crippen LogP contribution in [0.25, 0.3) is 0 Å². The Morgan fingerprint density at radius 1 is 1.15 bits per heavy atom. The van der Waals surface area contributed by atoms with Crippen molar-refractivity contribution in [2.75, 3.05) is 33.9 Å². The average molecular weight is 453 g/mol. The van der Waals surface area contributed by atoms with E-state index in [1.165, 1.54) is 5.01 Å². The van der Waals surface area contributed by atoms with Crippen molar-refractivity contribution < 1.29 is 23.8 Å². The van der Waals surface area contributed by atoms with Crippen LogP contribution >= 0.6 is 0 Å². The third-order valence-corrected chi connectivity index (χ3v) is 5.89. The maximum atomic E-state index is 13.1. The van der Waals surface area contributed by atoms with Crippen LogP contribution in [0.1, 0.15) is 29.7 Å². The molecule has 2 aliphatic rings. The van der Waals surface area contributed by atoms with E-state index < -0.39 is 0 Å². The molecular formula is C24H28N4O5.